The SMILES string of the molecule is O=P(O)(O)Cc1cocc1CP(=O)(O)O. The smallest absolute Gasteiger partial charge is 0.330 e. The van der Waals surface area contributed by atoms with Crippen molar-refractivity contribution in [2.75, 3.05) is 0 Å². The minimum atomic E-state index is -4.26. The van der Waals surface area contributed by atoms with Gasteiger partial charge in [-0.25, -0.2) is 0 Å². The minimum Gasteiger partial charge on any atom is -0.472 e. The maximum atomic E-state index is 10.7. The van der Waals surface area contributed by atoms with Gasteiger partial charge in [-0.15, -0.1) is 0 Å². The van der Waals surface area contributed by atoms with Crippen molar-refractivity contribution in [1.29, 1.82) is 0 Å². The zero-order chi connectivity index (χ0) is 11.7. The molecule has 0 unspecified atom stereocenters. The molecule has 9 heteroatoms. The zero-order valence-corrected chi connectivity index (χ0v) is 9.27. The molecule has 0 aliphatic carbocycles. The predicted molar refractivity (Wildman–Crippen MR) is 50.2 cm³/mol. The van der Waals surface area contributed by atoms with Crippen molar-refractivity contribution in [1.82, 2.24) is 0 Å². The quantitative estimate of drug-likeness (QED) is 0.581. The summed E-state index contributed by atoms with van der Waals surface area (Å²) in [5.74, 6) is 0. The van der Waals surface area contributed by atoms with Gasteiger partial charge in [-0.2, -0.15) is 0 Å². The van der Waals surface area contributed by atoms with E-state index >= 15 is 0 Å². The monoisotopic (exact) mass is 256 g/mol. The third-order valence-corrected chi connectivity index (χ3v) is 3.09. The first-order chi connectivity index (χ1) is 6.67. The topological polar surface area (TPSA) is 128 Å². The Morgan fingerprint density at radius 2 is 1.27 bits per heavy atom. The molecule has 0 spiro atoms. The van der Waals surface area contributed by atoms with E-state index in [2.05, 4.69) is 4.42 Å². The second kappa shape index (κ2) is 4.22. The first-order valence-electron chi connectivity index (χ1n) is 3.80. The third-order valence-electron chi connectivity index (χ3n) is 1.59. The highest BCUT2D eigenvalue weighted by Gasteiger charge is 2.22. The molecule has 0 amide bonds. The molecule has 0 saturated carbocycles. The van der Waals surface area contributed by atoms with E-state index in [1.807, 2.05) is 0 Å². The Labute approximate surface area is 85.1 Å². The van der Waals surface area contributed by atoms with Crippen LogP contribution >= 0.6 is 15.2 Å². The van der Waals surface area contributed by atoms with Gasteiger partial charge in [-0.1, -0.05) is 0 Å². The van der Waals surface area contributed by atoms with Crippen LogP contribution in [-0.2, 0) is 21.5 Å². The lowest BCUT2D eigenvalue weighted by Crippen LogP contribution is -1.92. The molecule has 7 nitrogen and oxygen atoms in total. The second-order valence-corrected chi connectivity index (χ2v) is 6.36. The Kier molecular flexibility index (Phi) is 3.55. The molecular formula is C6H10O7P2. The lowest BCUT2D eigenvalue weighted by molar-refractivity contribution is 0.367. The van der Waals surface area contributed by atoms with Crippen molar-refractivity contribution in [3.8, 4) is 0 Å². The molecule has 1 aromatic heterocycles. The maximum absolute atomic E-state index is 10.7. The van der Waals surface area contributed by atoms with Crippen LogP contribution in [0.5, 0.6) is 0 Å². The Morgan fingerprint density at radius 1 is 0.933 bits per heavy atom. The summed E-state index contributed by atoms with van der Waals surface area (Å²) in [6.07, 6.45) is 0.978. The Morgan fingerprint density at radius 3 is 1.53 bits per heavy atom. The van der Waals surface area contributed by atoms with Crippen LogP contribution in [0.15, 0.2) is 16.9 Å². The van der Waals surface area contributed by atoms with Crippen LogP contribution in [0.2, 0.25) is 0 Å². The molecular weight excluding hydrogens is 246 g/mol. The van der Waals surface area contributed by atoms with Gasteiger partial charge in [-0.05, 0) is 0 Å². The van der Waals surface area contributed by atoms with Crippen LogP contribution in [0, 0.1) is 0 Å². The van der Waals surface area contributed by atoms with E-state index in [-0.39, 0.29) is 11.1 Å². The van der Waals surface area contributed by atoms with Gasteiger partial charge in [0.05, 0.1) is 24.9 Å². The van der Waals surface area contributed by atoms with Crippen LogP contribution in [0.3, 0.4) is 0 Å². The van der Waals surface area contributed by atoms with Crippen LogP contribution < -0.4 is 0 Å². The van der Waals surface area contributed by atoms with Crippen LogP contribution in [0.4, 0.5) is 0 Å². The van der Waals surface area contributed by atoms with Gasteiger partial charge in [0.1, 0.15) is 0 Å². The van der Waals surface area contributed by atoms with E-state index < -0.39 is 27.5 Å². The standard InChI is InChI=1S/C6H10O7P2/c7-14(8,9)3-5-1-13-2-6(5)4-15(10,11)12/h1-2H,3-4H2,(H2,7,8,9)(H2,10,11,12). The van der Waals surface area contributed by atoms with Crippen molar-refractivity contribution >= 4 is 15.2 Å². The van der Waals surface area contributed by atoms with E-state index in [9.17, 15) is 9.13 Å². The lowest BCUT2D eigenvalue weighted by atomic mass is 10.2. The van der Waals surface area contributed by atoms with Gasteiger partial charge in [-0.3, -0.25) is 9.13 Å². The largest absolute Gasteiger partial charge is 0.472 e. The summed E-state index contributed by atoms with van der Waals surface area (Å²) in [5.41, 5.74) is 0.235. The van der Waals surface area contributed by atoms with E-state index in [0.717, 1.165) is 12.5 Å². The fourth-order valence-corrected chi connectivity index (χ4v) is 2.51. The molecule has 0 aliphatic heterocycles. The predicted octanol–water partition coefficient (Wildman–Crippen LogP) is 0.635. The molecule has 0 fully saturated rings. The third kappa shape index (κ3) is 4.75. The molecule has 0 bridgehead atoms. The Hall–Kier alpha value is -0.420. The summed E-state index contributed by atoms with van der Waals surface area (Å²) in [5, 5.41) is 0. The number of rotatable bonds is 4. The molecule has 0 atom stereocenters. The molecule has 1 rings (SSSR count). The van der Waals surface area contributed by atoms with Crippen molar-refractivity contribution in [2.45, 2.75) is 12.3 Å². The van der Waals surface area contributed by atoms with Crippen LogP contribution in [0.25, 0.3) is 0 Å². The summed E-state index contributed by atoms with van der Waals surface area (Å²) in [7, 11) is -8.52. The Balaban J connectivity index is 2.88. The number of hydrogen-bond acceptors (Lipinski definition) is 3. The summed E-state index contributed by atoms with van der Waals surface area (Å²) in [6, 6.07) is 0. The van der Waals surface area contributed by atoms with Gasteiger partial charge in [0.15, 0.2) is 0 Å². The molecule has 15 heavy (non-hydrogen) atoms. The lowest BCUT2D eigenvalue weighted by Gasteiger charge is -2.05. The van der Waals surface area contributed by atoms with Gasteiger partial charge in [0.2, 0.25) is 0 Å². The number of furan rings is 1. The highest BCUT2D eigenvalue weighted by molar-refractivity contribution is 7.51. The first kappa shape index (κ1) is 12.6. The molecule has 1 aromatic rings. The highest BCUT2D eigenvalue weighted by Crippen LogP contribution is 2.44. The van der Waals surface area contributed by atoms with Gasteiger partial charge >= 0.3 is 15.2 Å². The van der Waals surface area contributed by atoms with Crippen LogP contribution in [-0.4, -0.2) is 19.6 Å². The molecule has 0 aliphatic rings. The van der Waals surface area contributed by atoms with Gasteiger partial charge in [0, 0.05) is 11.1 Å². The zero-order valence-electron chi connectivity index (χ0n) is 7.48. The van der Waals surface area contributed by atoms with E-state index in [1.165, 1.54) is 0 Å². The fourth-order valence-electron chi connectivity index (χ4n) is 1.07. The molecule has 0 saturated heterocycles. The van der Waals surface area contributed by atoms with Crippen molar-refractivity contribution in [3.05, 3.63) is 23.7 Å². The summed E-state index contributed by atoms with van der Waals surface area (Å²) < 4.78 is 26.0. The van der Waals surface area contributed by atoms with E-state index in [0.29, 0.717) is 0 Å². The fraction of sp³-hybridized carbons (Fsp3) is 0.333. The van der Waals surface area contributed by atoms with Crippen molar-refractivity contribution < 1.29 is 33.1 Å². The van der Waals surface area contributed by atoms with E-state index in [1.54, 1.807) is 0 Å². The highest BCUT2D eigenvalue weighted by atomic mass is 31.2. The normalized spacial score (nSPS) is 13.1. The summed E-state index contributed by atoms with van der Waals surface area (Å²) in [4.78, 5) is 34.8. The van der Waals surface area contributed by atoms with Crippen molar-refractivity contribution in [2.24, 2.45) is 0 Å². The minimum absolute atomic E-state index is 0.117. The average Bonchev–Trinajstić information content (AvgIpc) is 2.29. The molecule has 86 valence electrons. The second-order valence-electron chi connectivity index (χ2n) is 3.07. The van der Waals surface area contributed by atoms with E-state index in [4.69, 9.17) is 19.6 Å². The summed E-state index contributed by atoms with van der Waals surface area (Å²) in [6.45, 7) is 0. The Bertz CT molecular complexity index is 386. The van der Waals surface area contributed by atoms with Gasteiger partial charge in [0.25, 0.3) is 0 Å². The van der Waals surface area contributed by atoms with Crippen molar-refractivity contribution in [3.63, 3.8) is 0 Å². The average molecular weight is 256 g/mol. The van der Waals surface area contributed by atoms with Crippen LogP contribution in [0.1, 0.15) is 11.1 Å². The maximum Gasteiger partial charge on any atom is 0.330 e. The first-order valence-corrected chi connectivity index (χ1v) is 7.40. The van der Waals surface area contributed by atoms with Gasteiger partial charge < -0.3 is 24.0 Å². The molecule has 1 heterocycles. The summed E-state index contributed by atoms with van der Waals surface area (Å²) >= 11 is 0. The molecule has 0 aromatic carbocycles. The number of hydrogen-bond donors (Lipinski definition) is 4. The molecule has 4 N–H and O–H groups in total. The molecule has 0 radical (unpaired) electrons.